The molecule has 1 aromatic heterocycles. The van der Waals surface area contributed by atoms with E-state index in [1.807, 2.05) is 25.1 Å². The highest BCUT2D eigenvalue weighted by atomic mass is 32.1. The molecular weight excluding hydrogens is 404 g/mol. The minimum Gasteiger partial charge on any atom is -0.493 e. The lowest BCUT2D eigenvalue weighted by atomic mass is 9.98. The minimum absolute atomic E-state index is 0.0173. The van der Waals surface area contributed by atoms with Crippen molar-refractivity contribution in [2.24, 2.45) is 0 Å². The van der Waals surface area contributed by atoms with Gasteiger partial charge in [-0.15, -0.1) is 10.2 Å². The molecule has 2 aromatic rings. The van der Waals surface area contributed by atoms with Gasteiger partial charge in [0.05, 0.1) is 13.7 Å². The number of carbonyl (C=O) groups is 2. The molecule has 2 aliphatic rings. The fourth-order valence-electron chi connectivity index (χ4n) is 3.60. The molecule has 1 saturated carbocycles. The summed E-state index contributed by atoms with van der Waals surface area (Å²) in [4.78, 5) is 28.4. The first kappa shape index (κ1) is 20.6. The van der Waals surface area contributed by atoms with Crippen LogP contribution < -0.4 is 14.4 Å². The maximum atomic E-state index is 12.7. The van der Waals surface area contributed by atoms with Gasteiger partial charge >= 0.3 is 0 Å². The summed E-state index contributed by atoms with van der Waals surface area (Å²) >= 11 is 1.46. The van der Waals surface area contributed by atoms with Crippen molar-refractivity contribution in [2.45, 2.75) is 38.0 Å². The predicted molar refractivity (Wildman–Crippen MR) is 113 cm³/mol. The number of hydrogen-bond donors (Lipinski definition) is 0. The second kappa shape index (κ2) is 8.59. The lowest BCUT2D eigenvalue weighted by Gasteiger charge is -2.20. The second-order valence-corrected chi connectivity index (χ2v) is 8.66. The average molecular weight is 431 g/mol. The summed E-state index contributed by atoms with van der Waals surface area (Å²) in [7, 11) is 3.29. The molecule has 9 heteroatoms. The first-order chi connectivity index (χ1) is 14.5. The Balaban J connectivity index is 1.40. The third-order valence-corrected chi connectivity index (χ3v) is 6.68. The zero-order chi connectivity index (χ0) is 21.3. The van der Waals surface area contributed by atoms with E-state index in [9.17, 15) is 9.59 Å². The smallest absolute Gasteiger partial charge is 0.248 e. The van der Waals surface area contributed by atoms with Gasteiger partial charge in [0.2, 0.25) is 16.9 Å². The number of amides is 2. The van der Waals surface area contributed by atoms with Crippen molar-refractivity contribution in [3.8, 4) is 11.5 Å². The van der Waals surface area contributed by atoms with Crippen LogP contribution in [-0.4, -0.2) is 60.8 Å². The average Bonchev–Trinajstić information content (AvgIpc) is 3.37. The Morgan fingerprint density at radius 2 is 2.07 bits per heavy atom. The van der Waals surface area contributed by atoms with Crippen molar-refractivity contribution in [3.05, 3.63) is 28.8 Å². The predicted octanol–water partition coefficient (Wildman–Crippen LogP) is 2.80. The molecule has 1 aromatic carbocycles. The molecule has 30 heavy (non-hydrogen) atoms. The number of anilines is 1. The standard InChI is InChI=1S/C21H26N4O4S/c1-4-29-17-9-14(7-8-16(17)28-3)15-10-18(26)25(11-15)12-19(27)24(2)21-23-22-20(30-21)13-5-6-13/h7-9,13,15H,4-6,10-12H2,1-3H3/t15-/m1/s1. The number of ether oxygens (including phenoxy) is 2. The molecule has 160 valence electrons. The number of nitrogens with zero attached hydrogens (tertiary/aromatic N) is 4. The summed E-state index contributed by atoms with van der Waals surface area (Å²) in [6.07, 6.45) is 2.66. The van der Waals surface area contributed by atoms with Gasteiger partial charge in [0.1, 0.15) is 11.6 Å². The first-order valence-electron chi connectivity index (χ1n) is 10.2. The topological polar surface area (TPSA) is 84.9 Å². The largest absolute Gasteiger partial charge is 0.493 e. The Morgan fingerprint density at radius 1 is 1.27 bits per heavy atom. The van der Waals surface area contributed by atoms with E-state index in [4.69, 9.17) is 9.47 Å². The van der Waals surface area contributed by atoms with Crippen molar-refractivity contribution in [1.82, 2.24) is 15.1 Å². The van der Waals surface area contributed by atoms with E-state index >= 15 is 0 Å². The molecule has 0 spiro atoms. The maximum absolute atomic E-state index is 12.7. The van der Waals surface area contributed by atoms with Crippen molar-refractivity contribution in [2.75, 3.05) is 38.8 Å². The highest BCUT2D eigenvalue weighted by Crippen LogP contribution is 2.42. The zero-order valence-electron chi connectivity index (χ0n) is 17.5. The van der Waals surface area contributed by atoms with Crippen LogP contribution in [0.25, 0.3) is 0 Å². The van der Waals surface area contributed by atoms with E-state index in [0.29, 0.717) is 42.1 Å². The zero-order valence-corrected chi connectivity index (χ0v) is 18.3. The normalized spacial score (nSPS) is 18.6. The summed E-state index contributed by atoms with van der Waals surface area (Å²) in [5, 5.41) is 9.91. The molecule has 0 bridgehead atoms. The molecule has 2 fully saturated rings. The number of aromatic nitrogens is 2. The monoisotopic (exact) mass is 430 g/mol. The fraction of sp³-hybridized carbons (Fsp3) is 0.524. The van der Waals surface area contributed by atoms with E-state index in [-0.39, 0.29) is 24.3 Å². The van der Waals surface area contributed by atoms with E-state index in [1.54, 1.807) is 19.1 Å². The number of methoxy groups -OCH3 is 1. The van der Waals surface area contributed by atoms with Crippen molar-refractivity contribution in [1.29, 1.82) is 0 Å². The third kappa shape index (κ3) is 4.26. The first-order valence-corrected chi connectivity index (χ1v) is 11.0. The molecule has 1 saturated heterocycles. The maximum Gasteiger partial charge on any atom is 0.248 e. The van der Waals surface area contributed by atoms with Gasteiger partial charge in [-0.3, -0.25) is 14.5 Å². The molecule has 1 atom stereocenters. The lowest BCUT2D eigenvalue weighted by Crippen LogP contribution is -2.39. The lowest BCUT2D eigenvalue weighted by molar-refractivity contribution is -0.132. The minimum atomic E-state index is -0.160. The van der Waals surface area contributed by atoms with Crippen molar-refractivity contribution in [3.63, 3.8) is 0 Å². The molecule has 0 N–H and O–H groups in total. The Labute approximate surface area is 179 Å². The number of likely N-dealkylation sites (tertiary alicyclic amines) is 1. The molecule has 1 aliphatic heterocycles. The molecule has 0 unspecified atom stereocenters. The number of hydrogen-bond acceptors (Lipinski definition) is 7. The number of likely N-dealkylation sites (N-methyl/N-ethyl adjacent to an activating group) is 1. The Hall–Kier alpha value is -2.68. The van der Waals surface area contributed by atoms with Crippen LogP contribution in [-0.2, 0) is 9.59 Å². The van der Waals surface area contributed by atoms with Crippen LogP contribution >= 0.6 is 11.3 Å². The molecular formula is C21H26N4O4S. The van der Waals surface area contributed by atoms with Crippen molar-refractivity contribution < 1.29 is 19.1 Å². The van der Waals surface area contributed by atoms with Gasteiger partial charge in [0, 0.05) is 31.8 Å². The van der Waals surface area contributed by atoms with Crippen LogP contribution in [0.15, 0.2) is 18.2 Å². The van der Waals surface area contributed by atoms with Crippen LogP contribution in [0.5, 0.6) is 11.5 Å². The van der Waals surface area contributed by atoms with Gasteiger partial charge in [-0.1, -0.05) is 17.4 Å². The van der Waals surface area contributed by atoms with Crippen LogP contribution in [0.2, 0.25) is 0 Å². The van der Waals surface area contributed by atoms with Crippen LogP contribution in [0, 0.1) is 0 Å². The van der Waals surface area contributed by atoms with E-state index < -0.39 is 0 Å². The molecule has 0 radical (unpaired) electrons. The van der Waals surface area contributed by atoms with E-state index in [0.717, 1.165) is 23.4 Å². The van der Waals surface area contributed by atoms with Gasteiger partial charge < -0.3 is 14.4 Å². The SMILES string of the molecule is CCOc1cc([C@@H]2CC(=O)N(CC(=O)N(C)c3nnc(C4CC4)s3)C2)ccc1OC. The molecule has 2 heterocycles. The summed E-state index contributed by atoms with van der Waals surface area (Å²) in [5.41, 5.74) is 1.01. The summed E-state index contributed by atoms with van der Waals surface area (Å²) in [5.74, 6) is 1.68. The summed E-state index contributed by atoms with van der Waals surface area (Å²) < 4.78 is 11.0. The van der Waals surface area contributed by atoms with E-state index in [1.165, 1.54) is 16.2 Å². The quantitative estimate of drug-likeness (QED) is 0.640. The van der Waals surface area contributed by atoms with Gasteiger partial charge in [0.15, 0.2) is 11.5 Å². The Kier molecular flexibility index (Phi) is 5.90. The molecule has 2 amide bonds. The van der Waals surface area contributed by atoms with Gasteiger partial charge in [-0.05, 0) is 37.5 Å². The van der Waals surface area contributed by atoms with Crippen LogP contribution in [0.4, 0.5) is 5.13 Å². The molecule has 4 rings (SSSR count). The molecule has 1 aliphatic carbocycles. The number of benzene rings is 1. The second-order valence-electron chi connectivity index (χ2n) is 7.67. The van der Waals surface area contributed by atoms with Gasteiger partial charge in [-0.2, -0.15) is 0 Å². The Bertz CT molecular complexity index is 943. The van der Waals surface area contributed by atoms with Crippen LogP contribution in [0.1, 0.15) is 48.6 Å². The van der Waals surface area contributed by atoms with E-state index in [2.05, 4.69) is 10.2 Å². The van der Waals surface area contributed by atoms with Crippen LogP contribution in [0.3, 0.4) is 0 Å². The number of rotatable bonds is 8. The highest BCUT2D eigenvalue weighted by molar-refractivity contribution is 7.15. The highest BCUT2D eigenvalue weighted by Gasteiger charge is 2.34. The number of carbonyl (C=O) groups excluding carboxylic acids is 2. The molecule has 8 nitrogen and oxygen atoms in total. The van der Waals surface area contributed by atoms with Gasteiger partial charge in [-0.25, -0.2) is 0 Å². The van der Waals surface area contributed by atoms with Crippen molar-refractivity contribution >= 4 is 28.3 Å². The van der Waals surface area contributed by atoms with Gasteiger partial charge in [0.25, 0.3) is 0 Å². The summed E-state index contributed by atoms with van der Waals surface area (Å²) in [6.45, 7) is 2.99. The Morgan fingerprint density at radius 3 is 2.77 bits per heavy atom. The third-order valence-electron chi connectivity index (χ3n) is 5.52. The fourth-order valence-corrected chi connectivity index (χ4v) is 4.59. The summed E-state index contributed by atoms with van der Waals surface area (Å²) in [6, 6.07) is 5.75.